The number of amides is 2. The highest BCUT2D eigenvalue weighted by atomic mass is 16.4. The molecule has 4 N–H and O–H groups in total. The van der Waals surface area contributed by atoms with Crippen molar-refractivity contribution in [3.05, 3.63) is 52.3 Å². The fraction of sp³-hybridized carbons (Fsp3) is 0.409. The number of nitrogens with one attached hydrogen (secondary N) is 1. The third kappa shape index (κ3) is 5.55. The summed E-state index contributed by atoms with van der Waals surface area (Å²) in [6.07, 6.45) is -0.369. The Bertz CT molecular complexity index is 881. The van der Waals surface area contributed by atoms with Crippen LogP contribution in [0.5, 0.6) is 0 Å². The first kappa shape index (κ1) is 21.4. The van der Waals surface area contributed by atoms with E-state index in [0.29, 0.717) is 6.42 Å². The lowest BCUT2D eigenvalue weighted by molar-refractivity contribution is -0.117. The minimum absolute atomic E-state index is 0.0346. The van der Waals surface area contributed by atoms with Gasteiger partial charge in [0.2, 0.25) is 5.91 Å². The van der Waals surface area contributed by atoms with Gasteiger partial charge < -0.3 is 16.2 Å². The first-order valence-electron chi connectivity index (χ1n) is 9.31. The summed E-state index contributed by atoms with van der Waals surface area (Å²) < 4.78 is 0. The van der Waals surface area contributed by atoms with Crippen molar-refractivity contribution in [1.29, 1.82) is 0 Å². The zero-order valence-electron chi connectivity index (χ0n) is 17.2. The minimum Gasteiger partial charge on any atom is -0.465 e. The lowest BCUT2D eigenvalue weighted by Gasteiger charge is -2.24. The summed E-state index contributed by atoms with van der Waals surface area (Å²) in [4.78, 5) is 27.7. The number of carbonyl (C=O) groups excluding carboxylic acids is 1. The van der Waals surface area contributed by atoms with Crippen LogP contribution in [0.2, 0.25) is 0 Å². The molecule has 2 amide bonds. The number of aromatic nitrogens is 1. The molecule has 6 nitrogen and oxygen atoms in total. The molecule has 2 aromatic rings. The van der Waals surface area contributed by atoms with Crippen molar-refractivity contribution in [2.75, 3.05) is 0 Å². The first-order chi connectivity index (χ1) is 13.0. The standard InChI is InChI=1S/C22H29N3O3/c1-13-6-8-15(9-7-13)20-16(10-19(23)26)14(2)25-18(11-22(3,4)5)17(20)12-24-21(27)28/h6-9,24H,10-12H2,1-5H3,(H2,23,26)(H,27,28). The number of rotatable bonds is 6. The van der Waals surface area contributed by atoms with Gasteiger partial charge in [0.1, 0.15) is 0 Å². The molecule has 0 fully saturated rings. The molecule has 1 heterocycles. The van der Waals surface area contributed by atoms with E-state index in [9.17, 15) is 9.59 Å². The molecule has 1 aromatic heterocycles. The average Bonchev–Trinajstić information content (AvgIpc) is 2.55. The molecule has 28 heavy (non-hydrogen) atoms. The average molecular weight is 383 g/mol. The number of carboxylic acid groups (broad SMARTS) is 1. The van der Waals surface area contributed by atoms with E-state index in [2.05, 4.69) is 26.1 Å². The third-order valence-electron chi connectivity index (χ3n) is 4.50. The molecule has 6 heteroatoms. The van der Waals surface area contributed by atoms with Crippen LogP contribution >= 0.6 is 0 Å². The number of pyridine rings is 1. The second-order valence-corrected chi connectivity index (χ2v) is 8.38. The van der Waals surface area contributed by atoms with E-state index < -0.39 is 12.0 Å². The number of aryl methyl sites for hydroxylation is 2. The number of hydrogen-bond acceptors (Lipinski definition) is 3. The molecular weight excluding hydrogens is 354 g/mol. The van der Waals surface area contributed by atoms with Crippen LogP contribution in [-0.2, 0) is 24.2 Å². The Hall–Kier alpha value is -2.89. The van der Waals surface area contributed by atoms with Crippen LogP contribution in [0.15, 0.2) is 24.3 Å². The van der Waals surface area contributed by atoms with Crippen molar-refractivity contribution in [2.24, 2.45) is 11.1 Å². The van der Waals surface area contributed by atoms with Crippen LogP contribution in [0.1, 0.15) is 48.8 Å². The van der Waals surface area contributed by atoms with Gasteiger partial charge >= 0.3 is 6.09 Å². The maximum atomic E-state index is 11.7. The van der Waals surface area contributed by atoms with E-state index in [-0.39, 0.29) is 18.4 Å². The van der Waals surface area contributed by atoms with Gasteiger partial charge in [-0.15, -0.1) is 0 Å². The van der Waals surface area contributed by atoms with Crippen LogP contribution in [0.3, 0.4) is 0 Å². The number of nitrogens with zero attached hydrogens (tertiary/aromatic N) is 1. The molecular formula is C22H29N3O3. The second kappa shape index (κ2) is 8.42. The Morgan fingerprint density at radius 3 is 2.21 bits per heavy atom. The summed E-state index contributed by atoms with van der Waals surface area (Å²) >= 11 is 0. The van der Waals surface area contributed by atoms with Gasteiger partial charge in [-0.2, -0.15) is 0 Å². The molecule has 150 valence electrons. The molecule has 0 aliphatic heterocycles. The maximum absolute atomic E-state index is 11.7. The summed E-state index contributed by atoms with van der Waals surface area (Å²) in [6.45, 7) is 10.3. The molecule has 2 rings (SSSR count). The number of nitrogens with two attached hydrogens (primary N) is 1. The van der Waals surface area contributed by atoms with Crippen LogP contribution in [0.25, 0.3) is 11.1 Å². The molecule has 0 spiro atoms. The zero-order chi connectivity index (χ0) is 21.1. The summed E-state index contributed by atoms with van der Waals surface area (Å²) in [7, 11) is 0. The number of primary amides is 1. The van der Waals surface area contributed by atoms with E-state index >= 15 is 0 Å². The third-order valence-corrected chi connectivity index (χ3v) is 4.50. The summed E-state index contributed by atoms with van der Waals surface area (Å²) in [5, 5.41) is 11.6. The molecule has 0 unspecified atom stereocenters. The predicted molar refractivity (Wildman–Crippen MR) is 110 cm³/mol. The summed E-state index contributed by atoms with van der Waals surface area (Å²) in [6, 6.07) is 7.97. The monoisotopic (exact) mass is 383 g/mol. The van der Waals surface area contributed by atoms with Crippen molar-refractivity contribution < 1.29 is 14.7 Å². The number of hydrogen-bond donors (Lipinski definition) is 3. The lowest BCUT2D eigenvalue weighted by Crippen LogP contribution is -2.25. The van der Waals surface area contributed by atoms with Crippen LogP contribution in [0.4, 0.5) is 4.79 Å². The Morgan fingerprint density at radius 1 is 1.11 bits per heavy atom. The summed E-state index contributed by atoms with van der Waals surface area (Å²) in [5.41, 5.74) is 11.5. The van der Waals surface area contributed by atoms with E-state index in [1.54, 1.807) is 0 Å². The van der Waals surface area contributed by atoms with E-state index in [1.807, 2.05) is 38.1 Å². The highest BCUT2D eigenvalue weighted by Crippen LogP contribution is 2.34. The van der Waals surface area contributed by atoms with Crippen molar-refractivity contribution in [3.63, 3.8) is 0 Å². The predicted octanol–water partition coefficient (Wildman–Crippen LogP) is 3.75. The Balaban J connectivity index is 2.80. The molecule has 0 aliphatic carbocycles. The van der Waals surface area contributed by atoms with Crippen molar-refractivity contribution in [1.82, 2.24) is 10.3 Å². The van der Waals surface area contributed by atoms with Gasteiger partial charge in [0.25, 0.3) is 0 Å². The zero-order valence-corrected chi connectivity index (χ0v) is 17.2. The SMILES string of the molecule is Cc1ccc(-c2c(CC(N)=O)c(C)nc(CC(C)(C)C)c2CNC(=O)O)cc1. The van der Waals surface area contributed by atoms with E-state index in [1.165, 1.54) is 0 Å². The topological polar surface area (TPSA) is 105 Å². The smallest absolute Gasteiger partial charge is 0.404 e. The lowest BCUT2D eigenvalue weighted by atomic mass is 9.84. The van der Waals surface area contributed by atoms with Crippen LogP contribution < -0.4 is 11.1 Å². The minimum atomic E-state index is -1.10. The van der Waals surface area contributed by atoms with Crippen LogP contribution in [0, 0.1) is 19.3 Å². The van der Waals surface area contributed by atoms with Gasteiger partial charge in [-0.3, -0.25) is 9.78 Å². The van der Waals surface area contributed by atoms with Crippen molar-refractivity contribution in [2.45, 2.75) is 54.0 Å². The molecule has 0 atom stereocenters. The fourth-order valence-electron chi connectivity index (χ4n) is 3.31. The molecule has 0 bridgehead atoms. The normalized spacial score (nSPS) is 11.3. The largest absolute Gasteiger partial charge is 0.465 e. The Labute approximate surface area is 166 Å². The highest BCUT2D eigenvalue weighted by Gasteiger charge is 2.23. The first-order valence-corrected chi connectivity index (χ1v) is 9.31. The van der Waals surface area contributed by atoms with Gasteiger partial charge in [-0.25, -0.2) is 4.79 Å². The quantitative estimate of drug-likeness (QED) is 0.706. The Morgan fingerprint density at radius 2 is 1.71 bits per heavy atom. The molecule has 0 saturated carbocycles. The van der Waals surface area contributed by atoms with Gasteiger partial charge in [0.05, 0.1) is 6.42 Å². The van der Waals surface area contributed by atoms with Gasteiger partial charge in [-0.05, 0) is 42.4 Å². The van der Waals surface area contributed by atoms with Crippen molar-refractivity contribution >= 4 is 12.0 Å². The summed E-state index contributed by atoms with van der Waals surface area (Å²) in [5.74, 6) is -0.445. The number of benzene rings is 1. The molecule has 0 radical (unpaired) electrons. The molecule has 0 saturated heterocycles. The van der Waals surface area contributed by atoms with E-state index in [0.717, 1.165) is 39.2 Å². The molecule has 1 aromatic carbocycles. The van der Waals surface area contributed by atoms with Gasteiger partial charge in [0.15, 0.2) is 0 Å². The van der Waals surface area contributed by atoms with Gasteiger partial charge in [-0.1, -0.05) is 50.6 Å². The van der Waals surface area contributed by atoms with Crippen LogP contribution in [-0.4, -0.2) is 22.1 Å². The highest BCUT2D eigenvalue weighted by molar-refractivity contribution is 5.83. The molecule has 0 aliphatic rings. The van der Waals surface area contributed by atoms with Crippen molar-refractivity contribution in [3.8, 4) is 11.1 Å². The van der Waals surface area contributed by atoms with Gasteiger partial charge in [0, 0.05) is 23.5 Å². The number of carbonyl (C=O) groups is 2. The fourth-order valence-corrected chi connectivity index (χ4v) is 3.31. The van der Waals surface area contributed by atoms with E-state index in [4.69, 9.17) is 15.8 Å². The second-order valence-electron chi connectivity index (χ2n) is 8.38. The Kier molecular flexibility index (Phi) is 6.44. The maximum Gasteiger partial charge on any atom is 0.404 e.